The number of thiazole rings is 1. The molecule has 1 amide bonds. The van der Waals surface area contributed by atoms with Crippen molar-refractivity contribution < 1.29 is 4.79 Å². The lowest BCUT2D eigenvalue weighted by atomic mass is 9.71. The number of amides is 1. The van der Waals surface area contributed by atoms with Gasteiger partial charge in [-0.2, -0.15) is 5.10 Å². The van der Waals surface area contributed by atoms with Crippen LogP contribution in [0.25, 0.3) is 0 Å². The molecule has 2 aliphatic rings. The maximum absolute atomic E-state index is 13.6. The summed E-state index contributed by atoms with van der Waals surface area (Å²) in [6, 6.07) is 0. The first kappa shape index (κ1) is 27.1. The number of aromatic nitrogens is 1. The fourth-order valence-corrected chi connectivity index (χ4v) is 6.00. The van der Waals surface area contributed by atoms with Crippen LogP contribution in [0.5, 0.6) is 0 Å². The van der Waals surface area contributed by atoms with Crippen molar-refractivity contribution in [2.75, 3.05) is 26.2 Å². The molecule has 188 valence electrons. The Labute approximate surface area is 218 Å². The van der Waals surface area contributed by atoms with Crippen LogP contribution in [0.3, 0.4) is 0 Å². The first-order valence-electron chi connectivity index (χ1n) is 12.1. The number of carbonyl (C=O) groups is 1. The number of halogens is 1. The van der Waals surface area contributed by atoms with E-state index in [1.54, 1.807) is 18.5 Å². The maximum Gasteiger partial charge on any atom is 0.282 e. The van der Waals surface area contributed by atoms with E-state index in [9.17, 15) is 4.79 Å². The molecule has 8 heteroatoms. The van der Waals surface area contributed by atoms with E-state index in [0.717, 1.165) is 38.9 Å². The van der Waals surface area contributed by atoms with Gasteiger partial charge in [0.05, 0.1) is 5.69 Å². The van der Waals surface area contributed by atoms with Gasteiger partial charge in [0.1, 0.15) is 4.34 Å². The summed E-state index contributed by atoms with van der Waals surface area (Å²) < 4.78 is 0.534. The molecule has 1 fully saturated rings. The molecule has 1 aromatic heterocycles. The van der Waals surface area contributed by atoms with Gasteiger partial charge in [-0.15, -0.1) is 0 Å². The van der Waals surface area contributed by atoms with Gasteiger partial charge >= 0.3 is 0 Å². The first-order chi connectivity index (χ1) is 16.9. The van der Waals surface area contributed by atoms with Gasteiger partial charge in [-0.25, -0.2) is 4.98 Å². The molecule has 35 heavy (non-hydrogen) atoms. The molecule has 1 spiro atoms. The summed E-state index contributed by atoms with van der Waals surface area (Å²) in [5.41, 5.74) is 6.32. The third-order valence-electron chi connectivity index (χ3n) is 6.76. The summed E-state index contributed by atoms with van der Waals surface area (Å²) in [5.74, 6) is -0.162. The third kappa shape index (κ3) is 6.81. The molecule has 3 heterocycles. The van der Waals surface area contributed by atoms with Crippen LogP contribution in [0.1, 0.15) is 61.4 Å². The molecule has 2 aliphatic heterocycles. The van der Waals surface area contributed by atoms with Crippen molar-refractivity contribution in [2.24, 2.45) is 10.5 Å². The lowest BCUT2D eigenvalue weighted by molar-refractivity contribution is 0.0670. The number of piperidine rings is 1. The number of hydrogen-bond acceptors (Lipinski definition) is 6. The van der Waals surface area contributed by atoms with Crippen molar-refractivity contribution in [1.82, 2.24) is 20.6 Å². The van der Waals surface area contributed by atoms with E-state index in [1.807, 2.05) is 30.1 Å². The molecule has 2 N–H and O–H groups in total. The highest BCUT2D eigenvalue weighted by atomic mass is 35.5. The SMILES string of the molecule is C=C/C=C\C=C/N/N=C\C(C)c1nc(C(=O)N2CCC(/C=C\C)=C(C)C3(CCNCC3)C2)sc1Cl. The Morgan fingerprint density at radius 3 is 2.83 bits per heavy atom. The Bertz CT molecular complexity index is 1050. The average molecular weight is 514 g/mol. The number of carbonyl (C=O) groups excluding carboxylic acids is 1. The van der Waals surface area contributed by atoms with Gasteiger partial charge in [0, 0.05) is 36.8 Å². The number of nitrogens with zero attached hydrogens (tertiary/aromatic N) is 3. The highest BCUT2D eigenvalue weighted by molar-refractivity contribution is 7.17. The first-order valence-corrected chi connectivity index (χ1v) is 13.3. The second kappa shape index (κ2) is 13.0. The Morgan fingerprint density at radius 2 is 2.11 bits per heavy atom. The van der Waals surface area contributed by atoms with Crippen molar-refractivity contribution >= 4 is 35.1 Å². The molecular weight excluding hydrogens is 478 g/mol. The van der Waals surface area contributed by atoms with E-state index in [1.165, 1.54) is 22.5 Å². The zero-order valence-corrected chi connectivity index (χ0v) is 22.5. The Morgan fingerprint density at radius 1 is 1.34 bits per heavy atom. The minimum absolute atomic E-state index is 0.0101. The smallest absolute Gasteiger partial charge is 0.282 e. The van der Waals surface area contributed by atoms with Gasteiger partial charge in [-0.1, -0.05) is 72.4 Å². The Kier molecular flexibility index (Phi) is 10.1. The van der Waals surface area contributed by atoms with Crippen LogP contribution in [0, 0.1) is 5.41 Å². The molecule has 0 radical (unpaired) electrons. The normalized spacial score (nSPS) is 19.9. The van der Waals surface area contributed by atoms with Crippen LogP contribution in [0.4, 0.5) is 0 Å². The number of hydrazone groups is 1. The summed E-state index contributed by atoms with van der Waals surface area (Å²) in [4.78, 5) is 20.3. The fourth-order valence-electron chi connectivity index (χ4n) is 4.70. The van der Waals surface area contributed by atoms with Crippen molar-refractivity contribution in [3.05, 3.63) is 75.4 Å². The summed E-state index contributed by atoms with van der Waals surface area (Å²) in [6.07, 6.45) is 17.9. The lowest BCUT2D eigenvalue weighted by Crippen LogP contribution is -2.46. The predicted molar refractivity (Wildman–Crippen MR) is 148 cm³/mol. The van der Waals surface area contributed by atoms with E-state index in [2.05, 4.69) is 53.4 Å². The largest absolute Gasteiger partial charge is 0.335 e. The molecule has 1 saturated heterocycles. The van der Waals surface area contributed by atoms with Crippen LogP contribution in [0.2, 0.25) is 4.34 Å². The van der Waals surface area contributed by atoms with Crippen molar-refractivity contribution in [3.8, 4) is 0 Å². The van der Waals surface area contributed by atoms with E-state index < -0.39 is 0 Å². The van der Waals surface area contributed by atoms with E-state index >= 15 is 0 Å². The number of nitrogens with one attached hydrogen (secondary N) is 2. The standard InChI is InChI=1S/C27H36ClN5OS/c1-5-7-8-9-14-30-31-18-20(3)23-24(28)35-25(32-23)26(34)33-17-11-22(10-6-2)21(4)27(19-33)12-15-29-16-13-27/h5-10,14,18,20,29-30H,1,11-13,15-17,19H2,2-4H3/b8-7-,10-6-,14-9-,31-18-. The summed E-state index contributed by atoms with van der Waals surface area (Å²) in [7, 11) is 0. The van der Waals surface area contributed by atoms with Crippen LogP contribution in [-0.4, -0.2) is 48.2 Å². The van der Waals surface area contributed by atoms with Gasteiger partial charge in [0.2, 0.25) is 0 Å². The molecule has 1 atom stereocenters. The summed E-state index contributed by atoms with van der Waals surface area (Å²) >= 11 is 7.79. The number of rotatable bonds is 8. The van der Waals surface area contributed by atoms with E-state index in [4.69, 9.17) is 11.6 Å². The fraction of sp³-hybridized carbons (Fsp3) is 0.444. The van der Waals surface area contributed by atoms with Crippen LogP contribution >= 0.6 is 22.9 Å². The molecule has 0 aromatic carbocycles. The molecule has 3 rings (SSSR count). The monoisotopic (exact) mass is 513 g/mol. The maximum atomic E-state index is 13.6. The predicted octanol–water partition coefficient (Wildman–Crippen LogP) is 5.84. The van der Waals surface area contributed by atoms with Crippen molar-refractivity contribution in [3.63, 3.8) is 0 Å². The molecular formula is C27H36ClN5OS. The van der Waals surface area contributed by atoms with Crippen LogP contribution in [-0.2, 0) is 0 Å². The number of allylic oxidation sites excluding steroid dienone is 6. The summed E-state index contributed by atoms with van der Waals surface area (Å²) in [6.45, 7) is 13.3. The molecule has 0 bridgehead atoms. The van der Waals surface area contributed by atoms with E-state index in [-0.39, 0.29) is 17.2 Å². The second-order valence-corrected chi connectivity index (χ2v) is 10.6. The van der Waals surface area contributed by atoms with Gasteiger partial charge in [0.25, 0.3) is 5.91 Å². The topological polar surface area (TPSA) is 69.6 Å². The minimum atomic E-state index is -0.130. The third-order valence-corrected chi connectivity index (χ3v) is 8.04. The van der Waals surface area contributed by atoms with Crippen LogP contribution < -0.4 is 10.7 Å². The zero-order valence-electron chi connectivity index (χ0n) is 20.9. The number of hydrogen-bond donors (Lipinski definition) is 2. The minimum Gasteiger partial charge on any atom is -0.335 e. The second-order valence-electron chi connectivity index (χ2n) is 9.01. The van der Waals surface area contributed by atoms with Gasteiger partial charge in [0.15, 0.2) is 5.01 Å². The van der Waals surface area contributed by atoms with Crippen molar-refractivity contribution in [2.45, 2.75) is 46.0 Å². The van der Waals surface area contributed by atoms with Gasteiger partial charge < -0.3 is 10.2 Å². The molecule has 1 unspecified atom stereocenters. The molecule has 0 saturated carbocycles. The Hall–Kier alpha value is -2.48. The van der Waals surface area contributed by atoms with Crippen molar-refractivity contribution in [1.29, 1.82) is 0 Å². The highest BCUT2D eigenvalue weighted by Crippen LogP contribution is 2.42. The molecule has 1 aromatic rings. The lowest BCUT2D eigenvalue weighted by Gasteiger charge is -2.41. The Balaban J connectivity index is 1.75. The molecule has 6 nitrogen and oxygen atoms in total. The molecule has 0 aliphatic carbocycles. The summed E-state index contributed by atoms with van der Waals surface area (Å²) in [5, 5.41) is 8.13. The highest BCUT2D eigenvalue weighted by Gasteiger charge is 2.40. The zero-order chi connectivity index (χ0) is 25.3. The van der Waals surface area contributed by atoms with E-state index in [0.29, 0.717) is 21.6 Å². The van der Waals surface area contributed by atoms with Gasteiger partial charge in [-0.05, 0) is 57.8 Å². The van der Waals surface area contributed by atoms with Gasteiger partial charge in [-0.3, -0.25) is 10.2 Å². The van der Waals surface area contributed by atoms with Crippen LogP contribution in [0.15, 0.2) is 65.5 Å². The average Bonchev–Trinajstić information content (AvgIpc) is 3.20. The quantitative estimate of drug-likeness (QED) is 0.260.